The zero-order valence-corrected chi connectivity index (χ0v) is 10.8. The topological polar surface area (TPSA) is 9.23 Å². The summed E-state index contributed by atoms with van der Waals surface area (Å²) in [6.45, 7) is 4.43. The molecule has 1 saturated heterocycles. The highest BCUT2D eigenvalue weighted by atomic mass is 79.9. The van der Waals surface area contributed by atoms with Crippen LogP contribution >= 0.6 is 15.9 Å². The molecule has 2 aliphatic rings. The Morgan fingerprint density at radius 2 is 2.07 bits per heavy atom. The van der Waals surface area contributed by atoms with Crippen molar-refractivity contribution in [2.45, 2.75) is 68.9 Å². The third kappa shape index (κ3) is 2.73. The maximum absolute atomic E-state index is 6.03. The number of hydrogen-bond donors (Lipinski definition) is 0. The van der Waals surface area contributed by atoms with E-state index in [1.165, 1.54) is 38.5 Å². The third-order valence-electron chi connectivity index (χ3n) is 3.63. The summed E-state index contributed by atoms with van der Waals surface area (Å²) >= 11 is 3.71. The predicted molar refractivity (Wildman–Crippen MR) is 62.9 cm³/mol. The molecule has 2 rings (SSSR count). The molecule has 1 aliphatic carbocycles. The quantitative estimate of drug-likeness (QED) is 0.685. The Bertz CT molecular complexity index is 202. The molecule has 0 aromatic rings. The van der Waals surface area contributed by atoms with E-state index in [0.29, 0.717) is 6.10 Å². The van der Waals surface area contributed by atoms with E-state index in [1.807, 2.05) is 0 Å². The number of ether oxygens (including phenoxy) is 1. The van der Waals surface area contributed by atoms with Crippen molar-refractivity contribution in [2.75, 3.05) is 0 Å². The molecule has 3 unspecified atom stereocenters. The average molecular weight is 261 g/mol. The molecule has 0 amide bonds. The summed E-state index contributed by atoms with van der Waals surface area (Å²) < 4.78 is 6.03. The highest BCUT2D eigenvalue weighted by Crippen LogP contribution is 2.38. The van der Waals surface area contributed by atoms with Crippen molar-refractivity contribution in [3.05, 3.63) is 0 Å². The van der Waals surface area contributed by atoms with Gasteiger partial charge in [-0.25, -0.2) is 0 Å². The van der Waals surface area contributed by atoms with Gasteiger partial charge in [-0.05, 0) is 58.3 Å². The van der Waals surface area contributed by atoms with Crippen molar-refractivity contribution >= 4 is 15.9 Å². The van der Waals surface area contributed by atoms with Crippen LogP contribution in [0.15, 0.2) is 0 Å². The van der Waals surface area contributed by atoms with E-state index in [9.17, 15) is 0 Å². The predicted octanol–water partition coefficient (Wildman–Crippen LogP) is 3.90. The summed E-state index contributed by atoms with van der Waals surface area (Å²) in [6, 6.07) is 0. The van der Waals surface area contributed by atoms with Crippen LogP contribution in [-0.2, 0) is 4.74 Å². The summed E-state index contributed by atoms with van der Waals surface area (Å²) in [6.07, 6.45) is 8.48. The fourth-order valence-corrected chi connectivity index (χ4v) is 3.64. The first-order chi connectivity index (χ1) is 6.55. The van der Waals surface area contributed by atoms with E-state index < -0.39 is 0 Å². The Balaban J connectivity index is 1.76. The molecule has 14 heavy (non-hydrogen) atoms. The van der Waals surface area contributed by atoms with E-state index >= 15 is 0 Å². The Kier molecular flexibility index (Phi) is 3.23. The van der Waals surface area contributed by atoms with Gasteiger partial charge in [-0.3, -0.25) is 0 Å². The molecular formula is C12H21BrO. The fourth-order valence-electron chi connectivity index (χ4n) is 2.84. The number of rotatable bonds is 2. The standard InChI is InChI=1S/C12H21BrO/c1-12(2)6-5-11(14-12)8-9-3-4-10(13)7-9/h9-11H,3-8H2,1-2H3. The Morgan fingerprint density at radius 3 is 2.57 bits per heavy atom. The van der Waals surface area contributed by atoms with Gasteiger partial charge >= 0.3 is 0 Å². The van der Waals surface area contributed by atoms with E-state index in [2.05, 4.69) is 29.8 Å². The molecule has 0 N–H and O–H groups in total. The average Bonchev–Trinajstić information content (AvgIpc) is 2.59. The lowest BCUT2D eigenvalue weighted by Crippen LogP contribution is -2.21. The van der Waals surface area contributed by atoms with Gasteiger partial charge in [0.2, 0.25) is 0 Å². The van der Waals surface area contributed by atoms with Gasteiger partial charge in [0.05, 0.1) is 11.7 Å². The Morgan fingerprint density at radius 1 is 1.29 bits per heavy atom. The van der Waals surface area contributed by atoms with Crippen molar-refractivity contribution in [3.63, 3.8) is 0 Å². The first-order valence-corrected chi connectivity index (χ1v) is 6.79. The minimum Gasteiger partial charge on any atom is -0.372 e. The van der Waals surface area contributed by atoms with Gasteiger partial charge < -0.3 is 4.74 Å². The van der Waals surface area contributed by atoms with Crippen LogP contribution < -0.4 is 0 Å². The highest BCUT2D eigenvalue weighted by molar-refractivity contribution is 9.09. The smallest absolute Gasteiger partial charge is 0.0631 e. The van der Waals surface area contributed by atoms with Crippen LogP contribution in [0.3, 0.4) is 0 Å². The van der Waals surface area contributed by atoms with Crippen LogP contribution in [0.1, 0.15) is 52.4 Å². The molecule has 0 bridgehead atoms. The number of hydrogen-bond acceptors (Lipinski definition) is 1. The van der Waals surface area contributed by atoms with Crippen LogP contribution in [0.25, 0.3) is 0 Å². The summed E-state index contributed by atoms with van der Waals surface area (Å²) in [5, 5.41) is 0. The Hall–Kier alpha value is 0.440. The summed E-state index contributed by atoms with van der Waals surface area (Å²) in [5.41, 5.74) is 0.150. The molecule has 1 nitrogen and oxygen atoms in total. The molecule has 1 saturated carbocycles. The van der Waals surface area contributed by atoms with Gasteiger partial charge in [0.25, 0.3) is 0 Å². The zero-order chi connectivity index (χ0) is 10.2. The van der Waals surface area contributed by atoms with Crippen molar-refractivity contribution in [3.8, 4) is 0 Å². The lowest BCUT2D eigenvalue weighted by Gasteiger charge is -2.21. The van der Waals surface area contributed by atoms with Gasteiger partial charge in [0, 0.05) is 4.83 Å². The molecule has 2 heteroatoms. The van der Waals surface area contributed by atoms with E-state index in [0.717, 1.165) is 10.7 Å². The summed E-state index contributed by atoms with van der Waals surface area (Å²) in [5.74, 6) is 0.915. The fraction of sp³-hybridized carbons (Fsp3) is 1.00. The first kappa shape index (κ1) is 10.9. The summed E-state index contributed by atoms with van der Waals surface area (Å²) in [4.78, 5) is 0.780. The molecule has 2 fully saturated rings. The molecule has 1 heterocycles. The van der Waals surface area contributed by atoms with E-state index in [-0.39, 0.29) is 5.60 Å². The van der Waals surface area contributed by atoms with Gasteiger partial charge in [-0.2, -0.15) is 0 Å². The lowest BCUT2D eigenvalue weighted by atomic mass is 9.97. The molecule has 1 aliphatic heterocycles. The number of halogens is 1. The van der Waals surface area contributed by atoms with Crippen LogP contribution in [0.2, 0.25) is 0 Å². The van der Waals surface area contributed by atoms with Crippen molar-refractivity contribution < 1.29 is 4.74 Å². The normalized spacial score (nSPS) is 41.8. The molecule has 0 radical (unpaired) electrons. The van der Waals surface area contributed by atoms with Gasteiger partial charge in [-0.15, -0.1) is 0 Å². The van der Waals surface area contributed by atoms with Gasteiger partial charge in [-0.1, -0.05) is 15.9 Å². The first-order valence-electron chi connectivity index (χ1n) is 5.87. The Labute approximate surface area is 95.7 Å². The van der Waals surface area contributed by atoms with E-state index in [1.54, 1.807) is 0 Å². The third-order valence-corrected chi connectivity index (χ3v) is 4.46. The monoisotopic (exact) mass is 260 g/mol. The van der Waals surface area contributed by atoms with Crippen LogP contribution in [0, 0.1) is 5.92 Å². The second-order valence-electron chi connectivity index (χ2n) is 5.55. The molecule has 0 spiro atoms. The minimum absolute atomic E-state index is 0.150. The highest BCUT2D eigenvalue weighted by Gasteiger charge is 2.34. The lowest BCUT2D eigenvalue weighted by molar-refractivity contribution is -0.0241. The SMILES string of the molecule is CC1(C)CCC(CC2CCC(Br)C2)O1. The van der Waals surface area contributed by atoms with Crippen molar-refractivity contribution in [1.82, 2.24) is 0 Å². The van der Waals surface area contributed by atoms with Crippen LogP contribution in [0.5, 0.6) is 0 Å². The minimum atomic E-state index is 0.150. The van der Waals surface area contributed by atoms with Crippen molar-refractivity contribution in [1.29, 1.82) is 0 Å². The second-order valence-corrected chi connectivity index (χ2v) is 6.85. The largest absolute Gasteiger partial charge is 0.372 e. The summed E-state index contributed by atoms with van der Waals surface area (Å²) in [7, 11) is 0. The number of alkyl halides is 1. The molecule has 82 valence electrons. The van der Waals surface area contributed by atoms with E-state index in [4.69, 9.17) is 4.74 Å². The zero-order valence-electron chi connectivity index (χ0n) is 9.26. The maximum atomic E-state index is 6.03. The molecule has 0 aromatic heterocycles. The molecule has 0 aromatic carbocycles. The second kappa shape index (κ2) is 4.13. The van der Waals surface area contributed by atoms with Gasteiger partial charge in [0.15, 0.2) is 0 Å². The van der Waals surface area contributed by atoms with Gasteiger partial charge in [0.1, 0.15) is 0 Å². The van der Waals surface area contributed by atoms with Crippen molar-refractivity contribution in [2.24, 2.45) is 5.92 Å². The van der Waals surface area contributed by atoms with Crippen LogP contribution in [0.4, 0.5) is 0 Å². The molecular weight excluding hydrogens is 240 g/mol. The van der Waals surface area contributed by atoms with Crippen LogP contribution in [-0.4, -0.2) is 16.5 Å². The maximum Gasteiger partial charge on any atom is 0.0631 e. The molecule has 3 atom stereocenters.